The third-order valence-corrected chi connectivity index (χ3v) is 24.3. The number of sulfonamides is 1. The average molecular weight is 1690 g/mol. The van der Waals surface area contributed by atoms with Crippen LogP contribution in [0.1, 0.15) is 133 Å². The minimum atomic E-state index is -3.89. The highest BCUT2D eigenvalue weighted by Crippen LogP contribution is 2.47. The summed E-state index contributed by atoms with van der Waals surface area (Å²) in [6, 6.07) is 52.4. The number of imidazole rings is 3. The second kappa shape index (κ2) is 40.0. The van der Waals surface area contributed by atoms with Crippen LogP contribution < -0.4 is 33.9 Å². The van der Waals surface area contributed by atoms with Crippen molar-refractivity contribution in [3.8, 4) is 136 Å². The molecule has 1 amide bonds. The minimum absolute atomic E-state index is 0.102. The van der Waals surface area contributed by atoms with Crippen molar-refractivity contribution >= 4 is 44.9 Å². The number of H-pyrrole nitrogens is 1. The van der Waals surface area contributed by atoms with Crippen LogP contribution in [0.4, 0.5) is 21.0 Å². The Balaban J connectivity index is 0.000000160. The highest BCUT2D eigenvalue weighted by molar-refractivity contribution is 7.92. The van der Waals surface area contributed by atoms with Gasteiger partial charge in [0, 0.05) is 93.5 Å². The van der Waals surface area contributed by atoms with E-state index in [-0.39, 0.29) is 45.6 Å². The molecule has 1 saturated carbocycles. The van der Waals surface area contributed by atoms with Crippen molar-refractivity contribution in [3.05, 3.63) is 231 Å². The van der Waals surface area contributed by atoms with E-state index in [0.29, 0.717) is 58.4 Å². The molecule has 4 heterocycles. The Labute approximate surface area is 719 Å². The van der Waals surface area contributed by atoms with E-state index in [1.807, 2.05) is 178 Å². The van der Waals surface area contributed by atoms with Crippen LogP contribution >= 0.6 is 11.3 Å². The number of nitrogens with one attached hydrogen (secondary N) is 3. The van der Waals surface area contributed by atoms with Crippen LogP contribution in [0.2, 0.25) is 0 Å². The molecule has 1 fully saturated rings. The number of thiazole rings is 1. The number of hydrogen-bond acceptors (Lipinski definition) is 19. The molecule has 4 aromatic heterocycles. The summed E-state index contributed by atoms with van der Waals surface area (Å²) in [4.78, 5) is 52.2. The van der Waals surface area contributed by atoms with Gasteiger partial charge >= 0.3 is 12.1 Å². The quantitative estimate of drug-likeness (QED) is 0.0332. The molecule has 122 heavy (non-hydrogen) atoms. The molecule has 0 atom stereocenters. The monoisotopic (exact) mass is 1690 g/mol. The van der Waals surface area contributed by atoms with Crippen LogP contribution in [0, 0.1) is 48.5 Å². The molecule has 0 saturated heterocycles. The summed E-state index contributed by atoms with van der Waals surface area (Å²) in [5, 5.41) is 44.3. The average Bonchev–Trinajstić information content (AvgIpc) is 1.63. The molecular weight excluding hydrogens is 1580 g/mol. The van der Waals surface area contributed by atoms with Crippen molar-refractivity contribution in [2.45, 2.75) is 144 Å². The van der Waals surface area contributed by atoms with E-state index in [1.165, 1.54) is 43.6 Å². The van der Waals surface area contributed by atoms with Gasteiger partial charge in [-0.1, -0.05) is 94.5 Å². The number of carbonyl (C=O) groups is 2. The Hall–Kier alpha value is -12.9. The Kier molecular flexibility index (Phi) is 29.5. The molecule has 23 nitrogen and oxygen atoms in total. The van der Waals surface area contributed by atoms with Gasteiger partial charge in [-0.05, 0) is 248 Å². The molecule has 0 bridgehead atoms. The van der Waals surface area contributed by atoms with Crippen LogP contribution in [0.25, 0.3) is 89.8 Å². The van der Waals surface area contributed by atoms with E-state index in [4.69, 9.17) is 43.6 Å². The second-order valence-corrected chi connectivity index (χ2v) is 33.2. The van der Waals surface area contributed by atoms with Gasteiger partial charge in [-0.2, -0.15) is 0 Å². The molecular formula is C97H110N10O13S2. The van der Waals surface area contributed by atoms with Crippen molar-refractivity contribution in [2.24, 2.45) is 0 Å². The highest BCUT2D eigenvalue weighted by Gasteiger charge is 2.32. The van der Waals surface area contributed by atoms with Crippen molar-refractivity contribution in [1.29, 1.82) is 0 Å². The van der Waals surface area contributed by atoms with Crippen molar-refractivity contribution in [1.82, 2.24) is 39.4 Å². The minimum Gasteiger partial charge on any atom is -0.507 e. The van der Waals surface area contributed by atoms with E-state index in [2.05, 4.69) is 53.1 Å². The summed E-state index contributed by atoms with van der Waals surface area (Å²) in [5.41, 5.74) is 20.0. The maximum absolute atomic E-state index is 13.6. The Morgan fingerprint density at radius 3 is 1.56 bits per heavy atom. The summed E-state index contributed by atoms with van der Waals surface area (Å²) in [7, 11) is 8.99. The van der Waals surface area contributed by atoms with E-state index >= 15 is 0 Å². The van der Waals surface area contributed by atoms with Gasteiger partial charge in [-0.15, -0.1) is 11.3 Å². The molecule has 1 aliphatic rings. The van der Waals surface area contributed by atoms with Gasteiger partial charge in [0.2, 0.25) is 5.75 Å². The number of hydrogen-bond donors (Lipinski definition) is 7. The molecule has 14 rings (SSSR count). The Morgan fingerprint density at radius 1 is 0.541 bits per heavy atom. The topological polar surface area (TPSA) is 300 Å². The molecule has 0 unspecified atom stereocenters. The number of aromatic hydroxyl groups is 4. The molecule has 0 aliphatic heterocycles. The number of anilines is 2. The maximum Gasteiger partial charge on any atom is 0.419 e. The lowest BCUT2D eigenvalue weighted by Crippen LogP contribution is -2.26. The number of ether oxygens (including phenoxy) is 5. The summed E-state index contributed by atoms with van der Waals surface area (Å²) in [6.07, 6.45) is 9.64. The number of para-hydroxylation sites is 1. The molecule has 638 valence electrons. The number of benzene rings is 9. The lowest BCUT2D eigenvalue weighted by Gasteiger charge is -2.21. The highest BCUT2D eigenvalue weighted by atomic mass is 32.2. The largest absolute Gasteiger partial charge is 0.507 e. The van der Waals surface area contributed by atoms with Crippen LogP contribution in [-0.4, -0.2) is 132 Å². The number of aryl methyl sites for hydroxylation is 10. The van der Waals surface area contributed by atoms with Gasteiger partial charge in [0.1, 0.15) is 51.2 Å². The summed E-state index contributed by atoms with van der Waals surface area (Å²) in [5.74, 6) is 4.80. The number of aromatic nitrogens is 7. The third-order valence-electron chi connectivity index (χ3n) is 21.6. The Morgan fingerprint density at radius 2 is 1.06 bits per heavy atom. The summed E-state index contributed by atoms with van der Waals surface area (Å²) < 4.78 is 59.3. The maximum atomic E-state index is 13.6. The van der Waals surface area contributed by atoms with E-state index in [1.54, 1.807) is 79.6 Å². The first-order valence-electron chi connectivity index (χ1n) is 40.8. The lowest BCUT2D eigenvalue weighted by atomic mass is 9.85. The number of amides is 1. The first-order valence-corrected chi connectivity index (χ1v) is 43.1. The van der Waals surface area contributed by atoms with Gasteiger partial charge in [0.05, 0.1) is 74.6 Å². The zero-order chi connectivity index (χ0) is 88.0. The smallest absolute Gasteiger partial charge is 0.419 e. The first-order chi connectivity index (χ1) is 58.5. The predicted molar refractivity (Wildman–Crippen MR) is 487 cm³/mol. The van der Waals surface area contributed by atoms with Gasteiger partial charge < -0.3 is 59.3 Å². The fourth-order valence-electron chi connectivity index (χ4n) is 15.0. The first kappa shape index (κ1) is 89.9. The predicted octanol–water partition coefficient (Wildman–Crippen LogP) is 21.9. The Bertz CT molecular complexity index is 5890. The number of methoxy groups -OCH3 is 5. The number of rotatable bonds is 22. The summed E-state index contributed by atoms with van der Waals surface area (Å²) in [6.45, 7) is 19.6. The normalized spacial score (nSPS) is 11.9. The van der Waals surface area contributed by atoms with E-state index in [9.17, 15) is 38.4 Å². The molecule has 25 heteroatoms. The standard InChI is InChI=1S/C27H29N3O3S2.C26H31N3O5.C22H24N2O4.C22H26N2O/c1-6-23-25(28-27(34-23)19-14-17(2)26(31)18(3)15-19)22-13-12-21(30(4)5)16-24(22)35(32,33)29-20-10-8-7-9-11-20;1-27-26(31)29-23(17-10-12-19(32-2)13-11-17)22(16-8-6-5-7-9-16)28-25(29)18-14-20(33-3)24(30)21(15-18)34-4;1-6-18-19(15-7-9-17(27-4)10-8-15)24(22(26)28-5)21(23-18)16-11-13(2)20(25)14(3)12-16;1-5-6-7-19-20(17-10-8-14(2)9-11-17)24-22(23-19)18-12-15(3)21(25)16(4)13-18/h7-16,29,31H,6H2,1-5H3;10-16,30H,5-9H2,1-4H3,(H,27,31);7-12,25H,6H2,1-5H3;8-13,25H,5-7H2,1-4H3,(H,23,24). The zero-order valence-electron chi connectivity index (χ0n) is 72.7. The number of nitrogens with zero attached hydrogens (tertiary/aromatic N) is 7. The molecule has 7 N–H and O–H groups in total. The zero-order valence-corrected chi connectivity index (χ0v) is 74.4. The number of phenolic OH excluding ortho intramolecular Hbond substituents is 4. The number of unbranched alkanes of at least 4 members (excludes halogenated alkanes) is 1. The molecule has 0 spiro atoms. The van der Waals surface area contributed by atoms with Crippen LogP contribution in [0.3, 0.4) is 0 Å². The van der Waals surface area contributed by atoms with Crippen LogP contribution in [0.5, 0.6) is 46.0 Å². The number of carbonyl (C=O) groups excluding carboxylic acids is 2. The number of aromatic amines is 1. The third kappa shape index (κ3) is 20.1. The van der Waals surface area contributed by atoms with Crippen LogP contribution in [0.15, 0.2) is 175 Å². The van der Waals surface area contributed by atoms with Crippen molar-refractivity contribution in [2.75, 3.05) is 66.3 Å². The van der Waals surface area contributed by atoms with Gasteiger partial charge in [0.15, 0.2) is 11.5 Å². The molecule has 13 aromatic rings. The van der Waals surface area contributed by atoms with Crippen molar-refractivity contribution in [3.63, 3.8) is 0 Å². The molecule has 1 aliphatic carbocycles. The SMILES string of the molecule is CCCCc1[nH]c(-c2cc(C)c(O)c(C)c2)nc1-c1ccc(C)cc1.CCc1nc(-c2cc(C)c(O)c(C)c2)n(C(=O)OC)c1-c1ccc(OC)cc1.CCc1sc(-c2cc(C)c(O)c(C)c2)nc1-c1ccc(N(C)C)cc1S(=O)(=O)Nc1ccccc1.CNC(=O)n1c(-c2cc(OC)c(O)c(OC)c2)nc(C2CCCCC2)c1-c1ccc(OC)cc1. The molecule has 9 aromatic carbocycles. The van der Waals surface area contributed by atoms with Gasteiger partial charge in [0.25, 0.3) is 10.0 Å². The fourth-order valence-corrected chi connectivity index (χ4v) is 17.3. The molecule has 0 radical (unpaired) electrons. The fraction of sp³-hybridized carbons (Fsp3) is 0.299. The van der Waals surface area contributed by atoms with Crippen molar-refractivity contribution < 1.29 is 62.1 Å². The van der Waals surface area contributed by atoms with E-state index in [0.717, 1.165) is 167 Å². The number of phenols is 4. The second-order valence-electron chi connectivity index (χ2n) is 30.4. The lowest BCUT2D eigenvalue weighted by molar-refractivity contribution is 0.173. The summed E-state index contributed by atoms with van der Waals surface area (Å²) >= 11 is 1.55. The van der Waals surface area contributed by atoms with Crippen LogP contribution in [-0.2, 0) is 34.0 Å². The van der Waals surface area contributed by atoms with E-state index < -0.39 is 16.1 Å². The van der Waals surface area contributed by atoms with Gasteiger partial charge in [-0.25, -0.2) is 47.1 Å². The van der Waals surface area contributed by atoms with Gasteiger partial charge in [-0.3, -0.25) is 4.72 Å².